The molecule has 0 saturated carbocycles. The predicted molar refractivity (Wildman–Crippen MR) is 112 cm³/mol. The van der Waals surface area contributed by atoms with Crippen molar-refractivity contribution in [2.45, 2.75) is 26.9 Å². The molecule has 0 amide bonds. The molecule has 7 nitrogen and oxygen atoms in total. The number of imidazole rings is 1. The third-order valence-electron chi connectivity index (χ3n) is 5.28. The fourth-order valence-electron chi connectivity index (χ4n) is 3.89. The van der Waals surface area contributed by atoms with E-state index in [0.29, 0.717) is 28.7 Å². The molecule has 1 aliphatic heterocycles. The van der Waals surface area contributed by atoms with Gasteiger partial charge in [-0.05, 0) is 30.5 Å². The summed E-state index contributed by atoms with van der Waals surface area (Å²) in [5.41, 5.74) is 2.00. The van der Waals surface area contributed by atoms with Crippen LogP contribution in [-0.2, 0) is 20.1 Å². The number of nitrogens with zero attached hydrogens (tertiary/aromatic N) is 5. The zero-order valence-corrected chi connectivity index (χ0v) is 16.9. The van der Waals surface area contributed by atoms with Crippen LogP contribution in [-0.4, -0.2) is 25.2 Å². The molecule has 1 aliphatic rings. The summed E-state index contributed by atoms with van der Waals surface area (Å²) < 4.78 is 4.54. The van der Waals surface area contributed by atoms with E-state index in [0.717, 1.165) is 17.8 Å². The molecule has 0 spiro atoms. The maximum atomic E-state index is 13.1. The number of anilines is 2. The highest BCUT2D eigenvalue weighted by molar-refractivity contribution is 6.31. The third kappa shape index (κ3) is 2.61. The summed E-state index contributed by atoms with van der Waals surface area (Å²) in [6, 6.07) is 5.76. The van der Waals surface area contributed by atoms with E-state index in [1.165, 1.54) is 9.13 Å². The summed E-state index contributed by atoms with van der Waals surface area (Å²) in [6.07, 6.45) is 1.55. The monoisotopic (exact) mass is 399 g/mol. The molecule has 2 aromatic heterocycles. The largest absolute Gasteiger partial charge is 0.332 e. The van der Waals surface area contributed by atoms with E-state index < -0.39 is 5.69 Å². The van der Waals surface area contributed by atoms with Gasteiger partial charge in [0.25, 0.3) is 5.56 Å². The molecule has 0 bridgehead atoms. The Labute approximate surface area is 167 Å². The molecule has 1 atom stereocenters. The van der Waals surface area contributed by atoms with Crippen LogP contribution in [0.2, 0.25) is 5.02 Å². The van der Waals surface area contributed by atoms with E-state index in [2.05, 4.69) is 18.4 Å². The lowest BCUT2D eigenvalue weighted by atomic mass is 10.1. The molecular weight excluding hydrogens is 378 g/mol. The molecule has 0 aliphatic carbocycles. The highest BCUT2D eigenvalue weighted by atomic mass is 35.5. The lowest BCUT2D eigenvalue weighted by Gasteiger charge is -2.34. The summed E-state index contributed by atoms with van der Waals surface area (Å²) in [5.74, 6) is 0.940. The molecule has 4 rings (SSSR count). The topological polar surface area (TPSA) is 65.1 Å². The van der Waals surface area contributed by atoms with E-state index in [9.17, 15) is 9.59 Å². The standard InChI is InChI=1S/C20H22ClN5O2/c1-5-9-24-18(27)16-17(23(4)20(24)28)22-19-25(10-12(2)11-26(16)19)15-8-6-7-14(21)13(15)3/h5-8,12H,1,9-11H2,2-4H3/t12-/m0/s1. The van der Waals surface area contributed by atoms with Gasteiger partial charge in [0.15, 0.2) is 11.2 Å². The number of hydrogen-bond acceptors (Lipinski definition) is 4. The zero-order valence-electron chi connectivity index (χ0n) is 16.1. The molecule has 0 N–H and O–H groups in total. The van der Waals surface area contributed by atoms with Crippen molar-refractivity contribution >= 4 is 34.4 Å². The van der Waals surface area contributed by atoms with Crippen LogP contribution in [0.5, 0.6) is 0 Å². The second kappa shape index (κ2) is 6.67. The minimum atomic E-state index is -0.397. The van der Waals surface area contributed by atoms with Crippen LogP contribution in [0, 0.1) is 12.8 Å². The smallest absolute Gasteiger partial charge is 0.311 e. The summed E-state index contributed by atoms with van der Waals surface area (Å²) in [6.45, 7) is 9.32. The fourth-order valence-corrected chi connectivity index (χ4v) is 4.06. The van der Waals surface area contributed by atoms with Crippen molar-refractivity contribution in [3.63, 3.8) is 0 Å². The third-order valence-corrected chi connectivity index (χ3v) is 5.69. The number of benzene rings is 1. The summed E-state index contributed by atoms with van der Waals surface area (Å²) in [7, 11) is 1.64. The van der Waals surface area contributed by atoms with E-state index in [-0.39, 0.29) is 18.0 Å². The number of fused-ring (bicyclic) bond motifs is 3. The van der Waals surface area contributed by atoms with Crippen molar-refractivity contribution in [3.8, 4) is 0 Å². The minimum absolute atomic E-state index is 0.161. The molecule has 8 heteroatoms. The number of aryl methyl sites for hydroxylation is 1. The molecule has 0 fully saturated rings. The van der Waals surface area contributed by atoms with Gasteiger partial charge in [0, 0.05) is 37.4 Å². The summed E-state index contributed by atoms with van der Waals surface area (Å²) in [5, 5.41) is 0.680. The van der Waals surface area contributed by atoms with Crippen molar-refractivity contribution in [2.75, 3.05) is 11.4 Å². The predicted octanol–water partition coefficient (Wildman–Crippen LogP) is 2.83. The zero-order chi connectivity index (χ0) is 20.2. The molecule has 0 radical (unpaired) electrons. The molecule has 3 aromatic rings. The highest BCUT2D eigenvalue weighted by Gasteiger charge is 2.30. The Morgan fingerprint density at radius 2 is 2.07 bits per heavy atom. The highest BCUT2D eigenvalue weighted by Crippen LogP contribution is 2.36. The first-order valence-corrected chi connectivity index (χ1v) is 9.56. The maximum Gasteiger partial charge on any atom is 0.332 e. The Morgan fingerprint density at radius 1 is 1.32 bits per heavy atom. The SMILES string of the molecule is C=CCn1c(=O)c2c(nc3n2C[C@@H](C)CN3c2cccc(Cl)c2C)n(C)c1=O. The van der Waals surface area contributed by atoms with E-state index in [1.54, 1.807) is 13.1 Å². The van der Waals surface area contributed by atoms with E-state index in [4.69, 9.17) is 16.6 Å². The van der Waals surface area contributed by atoms with Crippen molar-refractivity contribution < 1.29 is 0 Å². The number of rotatable bonds is 3. The number of hydrogen-bond donors (Lipinski definition) is 0. The van der Waals surface area contributed by atoms with Crippen LogP contribution >= 0.6 is 11.6 Å². The van der Waals surface area contributed by atoms with E-state index in [1.807, 2.05) is 29.7 Å². The van der Waals surface area contributed by atoms with Crippen molar-refractivity contribution in [2.24, 2.45) is 13.0 Å². The van der Waals surface area contributed by atoms with Crippen molar-refractivity contribution in [1.29, 1.82) is 0 Å². The van der Waals surface area contributed by atoms with Crippen LogP contribution in [0.25, 0.3) is 11.2 Å². The lowest BCUT2D eigenvalue weighted by molar-refractivity contribution is 0.457. The Morgan fingerprint density at radius 3 is 2.79 bits per heavy atom. The quantitative estimate of drug-likeness (QED) is 0.635. The molecule has 1 aromatic carbocycles. The second-order valence-electron chi connectivity index (χ2n) is 7.34. The van der Waals surface area contributed by atoms with Crippen LogP contribution < -0.4 is 16.1 Å². The molecule has 28 heavy (non-hydrogen) atoms. The van der Waals surface area contributed by atoms with Gasteiger partial charge < -0.3 is 9.47 Å². The van der Waals surface area contributed by atoms with Gasteiger partial charge in [0.2, 0.25) is 5.95 Å². The van der Waals surface area contributed by atoms with E-state index >= 15 is 0 Å². The fraction of sp³-hybridized carbons (Fsp3) is 0.350. The lowest BCUT2D eigenvalue weighted by Crippen LogP contribution is -2.40. The average Bonchev–Trinajstić information content (AvgIpc) is 3.04. The first-order valence-electron chi connectivity index (χ1n) is 9.18. The van der Waals surface area contributed by atoms with Crippen LogP contribution in [0.4, 0.5) is 11.6 Å². The Hall–Kier alpha value is -2.80. The molecule has 0 saturated heterocycles. The Bertz CT molecular complexity index is 1220. The number of halogens is 1. The van der Waals surface area contributed by atoms with Gasteiger partial charge >= 0.3 is 5.69 Å². The van der Waals surface area contributed by atoms with Crippen LogP contribution in [0.15, 0.2) is 40.4 Å². The minimum Gasteiger partial charge on any atom is -0.311 e. The molecular formula is C20H22ClN5O2. The van der Waals surface area contributed by atoms with Crippen LogP contribution in [0.3, 0.4) is 0 Å². The number of allylic oxidation sites excluding steroid dienone is 1. The van der Waals surface area contributed by atoms with Gasteiger partial charge in [-0.25, -0.2) is 4.79 Å². The maximum absolute atomic E-state index is 13.1. The normalized spacial score (nSPS) is 16.4. The average molecular weight is 400 g/mol. The first kappa shape index (κ1) is 18.6. The van der Waals surface area contributed by atoms with Gasteiger partial charge in [0.05, 0.1) is 0 Å². The summed E-state index contributed by atoms with van der Waals surface area (Å²) in [4.78, 5) is 32.5. The molecule has 3 heterocycles. The van der Waals surface area contributed by atoms with Gasteiger partial charge in [-0.2, -0.15) is 4.98 Å². The second-order valence-corrected chi connectivity index (χ2v) is 7.75. The molecule has 0 unspecified atom stereocenters. The number of aromatic nitrogens is 4. The summed E-state index contributed by atoms with van der Waals surface area (Å²) >= 11 is 6.34. The van der Waals surface area contributed by atoms with Gasteiger partial charge in [-0.1, -0.05) is 30.7 Å². The Balaban J connectivity index is 2.05. The van der Waals surface area contributed by atoms with Gasteiger partial charge in [0.1, 0.15) is 0 Å². The van der Waals surface area contributed by atoms with Crippen molar-refractivity contribution in [3.05, 3.63) is 62.3 Å². The van der Waals surface area contributed by atoms with Crippen LogP contribution in [0.1, 0.15) is 12.5 Å². The molecule has 146 valence electrons. The Kier molecular flexibility index (Phi) is 4.42. The van der Waals surface area contributed by atoms with Gasteiger partial charge in [-0.3, -0.25) is 13.9 Å². The van der Waals surface area contributed by atoms with Crippen molar-refractivity contribution in [1.82, 2.24) is 18.7 Å². The first-order chi connectivity index (χ1) is 13.3. The van der Waals surface area contributed by atoms with Gasteiger partial charge in [-0.15, -0.1) is 6.58 Å².